The predicted octanol–water partition coefficient (Wildman–Crippen LogP) is 9.19. The predicted molar refractivity (Wildman–Crippen MR) is 230 cm³/mol. The molecule has 3 heterocycles. The molecule has 4 N–H and O–H groups in total. The summed E-state index contributed by atoms with van der Waals surface area (Å²) in [5.74, 6) is 3.79. The number of imidazole rings is 1. The zero-order valence-corrected chi connectivity index (χ0v) is 35.6. The zero-order valence-electron chi connectivity index (χ0n) is 35.6. The number of ether oxygens (including phenoxy) is 2. The standard InChI is InChI=1S/C30H41N5O2.C13H18N2.C3H8O2/c1-36-26-12-10-23(28(16-26)37-2)17-31-29-27-13-14-35(30(27)33-20-32-29)25-11-9-22(15-25)19-34(24-7-4-8-24)18-21-5-3-6-21;1-5-12-14-10-7-6-9(13(2,3)4)8-11(10)15-12;1-3(2,4)5/h10,12-14,16,20-22,24-25H,3-9,11,15,17-19H2,1-2H3,(H,31,32,33);6-8H,5H2,1-4H3,(H,14,15);4-5H,1-2H3. The number of hydrogen-bond acceptors (Lipinski definition) is 9. The van der Waals surface area contributed by atoms with Crippen LogP contribution < -0.4 is 14.8 Å². The summed E-state index contributed by atoms with van der Waals surface area (Å²) in [5.41, 5.74) is 5.87. The molecular weight excluding hydrogens is 715 g/mol. The van der Waals surface area contributed by atoms with Crippen LogP contribution in [-0.2, 0) is 18.4 Å². The fourth-order valence-corrected chi connectivity index (χ4v) is 8.21. The largest absolute Gasteiger partial charge is 0.497 e. The number of nitrogens with zero attached hydrogens (tertiary/aromatic N) is 5. The molecule has 2 atom stereocenters. The molecule has 3 saturated carbocycles. The third kappa shape index (κ3) is 11.3. The number of aliphatic hydroxyl groups is 2. The second-order valence-corrected chi connectivity index (χ2v) is 17.9. The lowest BCUT2D eigenvalue weighted by Crippen LogP contribution is -2.46. The summed E-state index contributed by atoms with van der Waals surface area (Å²) in [6.45, 7) is 14.7. The number of benzene rings is 2. The van der Waals surface area contributed by atoms with E-state index >= 15 is 0 Å². The number of aromatic amines is 1. The van der Waals surface area contributed by atoms with Crippen LogP contribution in [-0.4, -0.2) is 78.8 Å². The van der Waals surface area contributed by atoms with Crippen molar-refractivity contribution in [1.82, 2.24) is 29.4 Å². The van der Waals surface area contributed by atoms with Crippen LogP contribution in [0.2, 0.25) is 0 Å². The van der Waals surface area contributed by atoms with Gasteiger partial charge in [-0.15, -0.1) is 0 Å². The van der Waals surface area contributed by atoms with Crippen molar-refractivity contribution in [2.75, 3.05) is 32.6 Å². The molecule has 8 rings (SSSR count). The molecule has 3 aliphatic carbocycles. The Kier molecular flexibility index (Phi) is 13.8. The minimum absolute atomic E-state index is 0.200. The van der Waals surface area contributed by atoms with Gasteiger partial charge in [0.25, 0.3) is 0 Å². The maximum Gasteiger partial charge on any atom is 0.156 e. The maximum atomic E-state index is 8.08. The molecule has 57 heavy (non-hydrogen) atoms. The van der Waals surface area contributed by atoms with Crippen molar-refractivity contribution in [3.05, 3.63) is 71.9 Å². The SMILES string of the molecule is CC(C)(O)O.CCc1nc2ccc(C(C)(C)C)cc2[nH]1.COc1ccc(CNc2ncnc3c2ccn3C2CCC(CN(CC3CCC3)C3CCC3)C2)c(OC)c1. The molecule has 0 saturated heterocycles. The molecule has 3 aromatic heterocycles. The van der Waals surface area contributed by atoms with E-state index in [1.807, 2.05) is 18.2 Å². The number of aromatic nitrogens is 5. The van der Waals surface area contributed by atoms with Crippen molar-refractivity contribution in [1.29, 1.82) is 0 Å². The summed E-state index contributed by atoms with van der Waals surface area (Å²) < 4.78 is 13.3. The first-order valence-electron chi connectivity index (χ1n) is 21.2. The van der Waals surface area contributed by atoms with Crippen molar-refractivity contribution in [3.63, 3.8) is 0 Å². The van der Waals surface area contributed by atoms with Gasteiger partial charge in [0.2, 0.25) is 0 Å². The van der Waals surface area contributed by atoms with Gasteiger partial charge in [-0.1, -0.05) is 46.6 Å². The Labute approximate surface area is 339 Å². The van der Waals surface area contributed by atoms with Gasteiger partial charge in [-0.05, 0) is 112 Å². The van der Waals surface area contributed by atoms with Gasteiger partial charge < -0.3 is 34.6 Å². The number of nitrogens with one attached hydrogen (secondary N) is 2. The maximum absolute atomic E-state index is 8.08. The molecule has 0 bridgehead atoms. The summed E-state index contributed by atoms with van der Waals surface area (Å²) in [7, 11) is 3.36. The van der Waals surface area contributed by atoms with Crippen molar-refractivity contribution < 1.29 is 19.7 Å². The number of rotatable bonds is 12. The van der Waals surface area contributed by atoms with E-state index in [4.69, 9.17) is 24.7 Å². The van der Waals surface area contributed by atoms with Crippen LogP contribution in [0.5, 0.6) is 11.5 Å². The van der Waals surface area contributed by atoms with Crippen LogP contribution in [0.15, 0.2) is 55.0 Å². The lowest BCUT2D eigenvalue weighted by atomic mass is 9.83. The van der Waals surface area contributed by atoms with Gasteiger partial charge in [0.1, 0.15) is 35.1 Å². The first-order chi connectivity index (χ1) is 27.2. The molecule has 0 radical (unpaired) electrons. The third-order valence-corrected chi connectivity index (χ3v) is 11.9. The Morgan fingerprint density at radius 1 is 0.877 bits per heavy atom. The van der Waals surface area contributed by atoms with Crippen molar-refractivity contribution in [2.45, 2.75) is 136 Å². The molecule has 0 spiro atoms. The summed E-state index contributed by atoms with van der Waals surface area (Å²) >= 11 is 0. The van der Waals surface area contributed by atoms with E-state index in [-0.39, 0.29) is 5.41 Å². The highest BCUT2D eigenvalue weighted by atomic mass is 16.5. The van der Waals surface area contributed by atoms with Gasteiger partial charge in [-0.3, -0.25) is 4.90 Å². The first-order valence-corrected chi connectivity index (χ1v) is 21.2. The normalized spacial score (nSPS) is 18.7. The van der Waals surface area contributed by atoms with Crippen LogP contribution in [0.1, 0.15) is 122 Å². The lowest BCUT2D eigenvalue weighted by Gasteiger charge is -2.42. The number of H-pyrrole nitrogens is 1. The monoisotopic (exact) mass is 782 g/mol. The van der Waals surface area contributed by atoms with Gasteiger partial charge in [-0.25, -0.2) is 15.0 Å². The quantitative estimate of drug-likeness (QED) is 0.0915. The van der Waals surface area contributed by atoms with Crippen molar-refractivity contribution >= 4 is 27.9 Å². The molecule has 11 heteroatoms. The number of aryl methyl sites for hydroxylation is 1. The Morgan fingerprint density at radius 2 is 1.61 bits per heavy atom. The molecule has 5 aromatic rings. The van der Waals surface area contributed by atoms with E-state index in [0.717, 1.165) is 75.1 Å². The Morgan fingerprint density at radius 3 is 2.25 bits per heavy atom. The molecule has 11 nitrogen and oxygen atoms in total. The number of anilines is 1. The molecule has 0 aliphatic heterocycles. The second kappa shape index (κ2) is 18.6. The van der Waals surface area contributed by atoms with E-state index in [1.54, 1.807) is 20.5 Å². The number of hydrogen-bond donors (Lipinski definition) is 4. The highest BCUT2D eigenvalue weighted by Gasteiger charge is 2.34. The van der Waals surface area contributed by atoms with E-state index in [2.05, 4.69) is 87.9 Å². The van der Waals surface area contributed by atoms with Gasteiger partial charge in [0.05, 0.1) is 30.6 Å². The van der Waals surface area contributed by atoms with Crippen LogP contribution in [0.3, 0.4) is 0 Å². The van der Waals surface area contributed by atoms with E-state index < -0.39 is 5.79 Å². The van der Waals surface area contributed by atoms with Crippen molar-refractivity contribution in [3.8, 4) is 11.5 Å². The highest BCUT2D eigenvalue weighted by Crippen LogP contribution is 2.40. The average Bonchev–Trinajstić information content (AvgIpc) is 3.88. The Hall–Kier alpha value is -4.19. The van der Waals surface area contributed by atoms with Crippen LogP contribution in [0.4, 0.5) is 5.82 Å². The molecule has 3 fully saturated rings. The Balaban J connectivity index is 0.000000227. The van der Waals surface area contributed by atoms with E-state index in [0.29, 0.717) is 12.6 Å². The molecular formula is C46H67N7O4. The Bertz CT molecular complexity index is 2030. The smallest absolute Gasteiger partial charge is 0.156 e. The number of methoxy groups -OCH3 is 2. The molecule has 0 amide bonds. The minimum Gasteiger partial charge on any atom is -0.497 e. The molecule has 2 aromatic carbocycles. The highest BCUT2D eigenvalue weighted by molar-refractivity contribution is 5.87. The van der Waals surface area contributed by atoms with E-state index in [9.17, 15) is 0 Å². The third-order valence-electron chi connectivity index (χ3n) is 11.9. The summed E-state index contributed by atoms with van der Waals surface area (Å²) in [6, 6.07) is 15.9. The first kappa shape index (κ1) is 42.4. The fraction of sp³-hybridized carbons (Fsp3) is 0.587. The minimum atomic E-state index is -1.50. The molecule has 2 unspecified atom stereocenters. The summed E-state index contributed by atoms with van der Waals surface area (Å²) in [4.78, 5) is 20.0. The van der Waals surface area contributed by atoms with Gasteiger partial charge in [-0.2, -0.15) is 0 Å². The van der Waals surface area contributed by atoms with Crippen LogP contribution >= 0.6 is 0 Å². The molecule has 3 aliphatic rings. The van der Waals surface area contributed by atoms with Crippen LogP contribution in [0.25, 0.3) is 22.1 Å². The lowest BCUT2D eigenvalue weighted by molar-refractivity contribution is -0.127. The summed E-state index contributed by atoms with van der Waals surface area (Å²) in [6.07, 6.45) is 17.3. The number of fused-ring (bicyclic) bond motifs is 2. The van der Waals surface area contributed by atoms with Gasteiger partial charge in [0.15, 0.2) is 5.79 Å². The van der Waals surface area contributed by atoms with Gasteiger partial charge >= 0.3 is 0 Å². The van der Waals surface area contributed by atoms with E-state index in [1.165, 1.54) is 90.3 Å². The van der Waals surface area contributed by atoms with Crippen molar-refractivity contribution in [2.24, 2.45) is 11.8 Å². The second-order valence-electron chi connectivity index (χ2n) is 17.9. The topological polar surface area (TPSA) is 134 Å². The van der Waals surface area contributed by atoms with Gasteiger partial charge in [0, 0.05) is 56.0 Å². The zero-order chi connectivity index (χ0) is 40.7. The fourth-order valence-electron chi connectivity index (χ4n) is 8.21. The van der Waals surface area contributed by atoms with Crippen LogP contribution in [0, 0.1) is 11.8 Å². The average molecular weight is 782 g/mol. The molecule has 310 valence electrons. The summed E-state index contributed by atoms with van der Waals surface area (Å²) in [5, 5.41) is 20.8.